The molecule has 3 nitrogen and oxygen atoms in total. The van der Waals surface area contributed by atoms with E-state index in [-0.39, 0.29) is 17.4 Å². The lowest BCUT2D eigenvalue weighted by molar-refractivity contribution is 0.355. The second kappa shape index (κ2) is 5.75. The fraction of sp³-hybridized carbons (Fsp3) is 0.438. The molecule has 0 saturated heterocycles. The van der Waals surface area contributed by atoms with Crippen molar-refractivity contribution < 1.29 is 4.39 Å². The zero-order valence-corrected chi connectivity index (χ0v) is 12.5. The Morgan fingerprint density at radius 2 is 2.10 bits per heavy atom. The topological polar surface area (TPSA) is 29.9 Å². The van der Waals surface area contributed by atoms with Crippen LogP contribution in [0.1, 0.15) is 44.9 Å². The largest absolute Gasteiger partial charge is 0.306 e. The minimum absolute atomic E-state index is 0.00752. The number of nitrogens with one attached hydrogen (secondary N) is 1. The molecule has 1 heterocycles. The van der Waals surface area contributed by atoms with Crippen molar-refractivity contribution in [2.24, 2.45) is 0 Å². The SMILES string of the molecule is CC(NCc1cnn(C(C)(C)C)c1)c1cccc(F)c1. The molecule has 0 bridgehead atoms. The summed E-state index contributed by atoms with van der Waals surface area (Å²) in [4.78, 5) is 0. The molecule has 0 spiro atoms. The summed E-state index contributed by atoms with van der Waals surface area (Å²) >= 11 is 0. The van der Waals surface area contributed by atoms with Crippen LogP contribution in [0.5, 0.6) is 0 Å². The molecule has 0 saturated carbocycles. The lowest BCUT2D eigenvalue weighted by atomic mass is 10.1. The smallest absolute Gasteiger partial charge is 0.123 e. The van der Waals surface area contributed by atoms with Crippen molar-refractivity contribution in [1.82, 2.24) is 15.1 Å². The number of hydrogen-bond acceptors (Lipinski definition) is 2. The minimum Gasteiger partial charge on any atom is -0.306 e. The molecule has 2 aromatic rings. The maximum Gasteiger partial charge on any atom is 0.123 e. The highest BCUT2D eigenvalue weighted by atomic mass is 19.1. The first-order chi connectivity index (χ1) is 9.36. The van der Waals surface area contributed by atoms with E-state index in [0.717, 1.165) is 11.1 Å². The number of rotatable bonds is 4. The average Bonchev–Trinajstić information content (AvgIpc) is 2.84. The van der Waals surface area contributed by atoms with Gasteiger partial charge in [0.15, 0.2) is 0 Å². The number of hydrogen-bond donors (Lipinski definition) is 1. The maximum absolute atomic E-state index is 13.2. The van der Waals surface area contributed by atoms with Crippen LogP contribution >= 0.6 is 0 Å². The number of aromatic nitrogens is 2. The summed E-state index contributed by atoms with van der Waals surface area (Å²) in [7, 11) is 0. The first kappa shape index (κ1) is 14.7. The summed E-state index contributed by atoms with van der Waals surface area (Å²) in [6.07, 6.45) is 3.92. The first-order valence-corrected chi connectivity index (χ1v) is 6.89. The molecule has 0 aliphatic heterocycles. The Labute approximate surface area is 119 Å². The van der Waals surface area contributed by atoms with E-state index < -0.39 is 0 Å². The number of nitrogens with zero attached hydrogens (tertiary/aromatic N) is 2. The Bertz CT molecular complexity index is 569. The quantitative estimate of drug-likeness (QED) is 0.923. The van der Waals surface area contributed by atoms with E-state index in [1.807, 2.05) is 30.1 Å². The molecule has 2 rings (SSSR count). The van der Waals surface area contributed by atoms with Gasteiger partial charge in [-0.05, 0) is 45.4 Å². The Morgan fingerprint density at radius 3 is 2.70 bits per heavy atom. The second-order valence-corrected chi connectivity index (χ2v) is 6.12. The molecule has 1 aromatic carbocycles. The van der Waals surface area contributed by atoms with Gasteiger partial charge in [-0.25, -0.2) is 4.39 Å². The normalized spacial score (nSPS) is 13.4. The Kier molecular flexibility index (Phi) is 4.23. The summed E-state index contributed by atoms with van der Waals surface area (Å²) in [6.45, 7) is 9.10. The molecule has 108 valence electrons. The fourth-order valence-corrected chi connectivity index (χ4v) is 1.98. The highest BCUT2D eigenvalue weighted by Gasteiger charge is 2.14. The zero-order chi connectivity index (χ0) is 14.8. The van der Waals surface area contributed by atoms with Crippen LogP contribution in [0.4, 0.5) is 4.39 Å². The standard InChI is InChI=1S/C16H22FN3/c1-12(14-6-5-7-15(17)8-14)18-9-13-10-19-20(11-13)16(2,3)4/h5-8,10-12,18H,9H2,1-4H3. The molecule has 1 atom stereocenters. The van der Waals surface area contributed by atoms with Gasteiger partial charge in [0.1, 0.15) is 5.82 Å². The van der Waals surface area contributed by atoms with Crippen LogP contribution in [-0.4, -0.2) is 9.78 Å². The summed E-state index contributed by atoms with van der Waals surface area (Å²) in [5.74, 6) is -0.197. The van der Waals surface area contributed by atoms with Crippen molar-refractivity contribution in [3.63, 3.8) is 0 Å². The van der Waals surface area contributed by atoms with Crippen LogP contribution in [0.2, 0.25) is 0 Å². The van der Waals surface area contributed by atoms with Crippen LogP contribution in [0.25, 0.3) is 0 Å². The van der Waals surface area contributed by atoms with Crippen LogP contribution in [0.15, 0.2) is 36.7 Å². The van der Waals surface area contributed by atoms with Crippen molar-refractivity contribution in [2.75, 3.05) is 0 Å². The molecular formula is C16H22FN3. The summed E-state index contributed by atoms with van der Waals surface area (Å²) in [5.41, 5.74) is 2.07. The highest BCUT2D eigenvalue weighted by Crippen LogP contribution is 2.16. The summed E-state index contributed by atoms with van der Waals surface area (Å²) < 4.78 is 15.1. The van der Waals surface area contributed by atoms with Gasteiger partial charge in [-0.3, -0.25) is 4.68 Å². The summed E-state index contributed by atoms with van der Waals surface area (Å²) in [6, 6.07) is 6.79. The van der Waals surface area contributed by atoms with Crippen molar-refractivity contribution in [3.05, 3.63) is 53.6 Å². The van der Waals surface area contributed by atoms with Gasteiger partial charge in [-0.1, -0.05) is 12.1 Å². The molecule has 0 amide bonds. The van der Waals surface area contributed by atoms with Crippen LogP contribution in [0.3, 0.4) is 0 Å². The van der Waals surface area contributed by atoms with E-state index in [0.29, 0.717) is 6.54 Å². The third-order valence-corrected chi connectivity index (χ3v) is 3.28. The van der Waals surface area contributed by atoms with Crippen LogP contribution in [-0.2, 0) is 12.1 Å². The molecule has 0 radical (unpaired) electrons. The van der Waals surface area contributed by atoms with E-state index in [1.165, 1.54) is 6.07 Å². The Hall–Kier alpha value is -1.68. The van der Waals surface area contributed by atoms with Gasteiger partial charge in [-0.2, -0.15) is 5.10 Å². The van der Waals surface area contributed by atoms with Crippen LogP contribution < -0.4 is 5.32 Å². The van der Waals surface area contributed by atoms with E-state index in [9.17, 15) is 4.39 Å². The van der Waals surface area contributed by atoms with Gasteiger partial charge >= 0.3 is 0 Å². The predicted octanol–water partition coefficient (Wildman–Crippen LogP) is 3.63. The molecule has 4 heteroatoms. The van der Waals surface area contributed by atoms with Gasteiger partial charge in [-0.15, -0.1) is 0 Å². The van der Waals surface area contributed by atoms with Gasteiger partial charge in [0.05, 0.1) is 11.7 Å². The second-order valence-electron chi connectivity index (χ2n) is 6.12. The van der Waals surface area contributed by atoms with Gasteiger partial charge in [0.2, 0.25) is 0 Å². The highest BCUT2D eigenvalue weighted by molar-refractivity contribution is 5.19. The van der Waals surface area contributed by atoms with Crippen molar-refractivity contribution >= 4 is 0 Å². The molecule has 0 fully saturated rings. The number of benzene rings is 1. The van der Waals surface area contributed by atoms with E-state index in [2.05, 4.69) is 31.2 Å². The lowest BCUT2D eigenvalue weighted by Gasteiger charge is -2.18. The van der Waals surface area contributed by atoms with Gasteiger partial charge in [0.25, 0.3) is 0 Å². The van der Waals surface area contributed by atoms with Crippen molar-refractivity contribution in [2.45, 2.75) is 45.8 Å². The van der Waals surface area contributed by atoms with Crippen LogP contribution in [0, 0.1) is 5.82 Å². The summed E-state index contributed by atoms with van der Waals surface area (Å²) in [5, 5.41) is 7.76. The van der Waals surface area contributed by atoms with E-state index >= 15 is 0 Å². The lowest BCUT2D eigenvalue weighted by Crippen LogP contribution is -2.22. The maximum atomic E-state index is 13.2. The minimum atomic E-state index is -0.197. The third-order valence-electron chi connectivity index (χ3n) is 3.28. The molecule has 1 unspecified atom stereocenters. The van der Waals surface area contributed by atoms with Crippen molar-refractivity contribution in [1.29, 1.82) is 0 Å². The molecular weight excluding hydrogens is 253 g/mol. The fourth-order valence-electron chi connectivity index (χ4n) is 1.98. The monoisotopic (exact) mass is 275 g/mol. The van der Waals surface area contributed by atoms with E-state index in [1.54, 1.807) is 12.1 Å². The first-order valence-electron chi connectivity index (χ1n) is 6.89. The van der Waals surface area contributed by atoms with E-state index in [4.69, 9.17) is 0 Å². The molecule has 0 aliphatic rings. The Morgan fingerprint density at radius 1 is 1.35 bits per heavy atom. The molecule has 1 aromatic heterocycles. The molecule has 0 aliphatic carbocycles. The zero-order valence-electron chi connectivity index (χ0n) is 12.5. The number of halogens is 1. The van der Waals surface area contributed by atoms with Crippen molar-refractivity contribution in [3.8, 4) is 0 Å². The average molecular weight is 275 g/mol. The van der Waals surface area contributed by atoms with Gasteiger partial charge < -0.3 is 5.32 Å². The molecule has 20 heavy (non-hydrogen) atoms. The van der Waals surface area contributed by atoms with Gasteiger partial charge in [0, 0.05) is 24.3 Å². The third kappa shape index (κ3) is 3.67. The Balaban J connectivity index is 1.97. The molecule has 1 N–H and O–H groups in total. The predicted molar refractivity (Wildman–Crippen MR) is 78.9 cm³/mol.